The number of rotatable bonds is 5. The summed E-state index contributed by atoms with van der Waals surface area (Å²) in [6, 6.07) is 0. The van der Waals surface area contributed by atoms with Crippen LogP contribution in [0.2, 0.25) is 0 Å². The van der Waals surface area contributed by atoms with E-state index in [9.17, 15) is 19.2 Å². The summed E-state index contributed by atoms with van der Waals surface area (Å²) < 4.78 is 10.9. The van der Waals surface area contributed by atoms with Gasteiger partial charge in [0.25, 0.3) is 11.8 Å². The quantitative estimate of drug-likeness (QED) is 0.545. The fourth-order valence-corrected chi connectivity index (χ4v) is 3.72. The molecule has 1 atom stereocenters. The van der Waals surface area contributed by atoms with Crippen LogP contribution >= 0.6 is 0 Å². The van der Waals surface area contributed by atoms with Gasteiger partial charge in [0, 0.05) is 38.4 Å². The van der Waals surface area contributed by atoms with Gasteiger partial charge in [-0.3, -0.25) is 9.59 Å². The van der Waals surface area contributed by atoms with Gasteiger partial charge in [0.2, 0.25) is 0 Å². The zero-order valence-electron chi connectivity index (χ0n) is 15.7. The maximum Gasteiger partial charge on any atom is 0.434 e. The number of hydroxylamine groups is 2. The van der Waals surface area contributed by atoms with E-state index in [0.717, 1.165) is 6.42 Å². The minimum Gasteiger partial charge on any atom is -0.445 e. The second-order valence-corrected chi connectivity index (χ2v) is 7.26. The molecular weight excluding hydrogens is 370 g/mol. The molecule has 3 heterocycles. The van der Waals surface area contributed by atoms with Crippen molar-refractivity contribution in [3.63, 3.8) is 0 Å². The lowest BCUT2D eigenvalue weighted by Gasteiger charge is -2.38. The van der Waals surface area contributed by atoms with Crippen LogP contribution in [0.25, 0.3) is 0 Å². The van der Waals surface area contributed by atoms with E-state index in [4.69, 9.17) is 14.3 Å². The van der Waals surface area contributed by atoms with Crippen molar-refractivity contribution in [2.75, 3.05) is 32.8 Å². The van der Waals surface area contributed by atoms with Gasteiger partial charge < -0.3 is 24.5 Å². The highest BCUT2D eigenvalue weighted by Crippen LogP contribution is 2.38. The number of likely N-dealkylation sites (tertiary alicyclic amines) is 1. The number of nitrogens with one attached hydrogen (secondary N) is 1. The minimum atomic E-state index is -0.695. The van der Waals surface area contributed by atoms with Crippen LogP contribution in [0.4, 0.5) is 9.59 Å². The summed E-state index contributed by atoms with van der Waals surface area (Å²) in [6.45, 7) is 5.47. The van der Waals surface area contributed by atoms with Crippen molar-refractivity contribution in [3.8, 4) is 0 Å². The van der Waals surface area contributed by atoms with Crippen LogP contribution < -0.4 is 5.32 Å². The van der Waals surface area contributed by atoms with Crippen molar-refractivity contribution in [1.29, 1.82) is 0 Å². The molecule has 0 saturated carbocycles. The summed E-state index contributed by atoms with van der Waals surface area (Å²) >= 11 is 0. The largest absolute Gasteiger partial charge is 0.445 e. The van der Waals surface area contributed by atoms with Gasteiger partial charge in [0.05, 0.1) is 12.2 Å². The molecule has 3 aliphatic rings. The van der Waals surface area contributed by atoms with Crippen LogP contribution in [0.15, 0.2) is 12.7 Å². The van der Waals surface area contributed by atoms with Crippen molar-refractivity contribution >= 4 is 24.0 Å². The topological polar surface area (TPSA) is 114 Å². The second-order valence-electron chi connectivity index (χ2n) is 7.26. The number of hydrogen-bond donors (Lipinski definition) is 1. The predicted molar refractivity (Wildman–Crippen MR) is 94.7 cm³/mol. The third kappa shape index (κ3) is 4.61. The SMILES string of the molecule is C=CCOC(=O)NCC1COC2(CCN(C(=O)ON3C(=O)CCC3=O)CC2)C1. The lowest BCUT2D eigenvalue weighted by atomic mass is 9.85. The first-order valence-corrected chi connectivity index (χ1v) is 9.40. The Morgan fingerprint density at radius 2 is 1.93 bits per heavy atom. The average Bonchev–Trinajstić information content (AvgIpc) is 3.23. The summed E-state index contributed by atoms with van der Waals surface area (Å²) in [4.78, 5) is 53.3. The molecule has 3 saturated heterocycles. The molecule has 0 aromatic heterocycles. The summed E-state index contributed by atoms with van der Waals surface area (Å²) in [7, 11) is 0. The molecular formula is C18H25N3O7. The Hall–Kier alpha value is -2.62. The Labute approximate surface area is 162 Å². The van der Waals surface area contributed by atoms with E-state index in [1.807, 2.05) is 0 Å². The van der Waals surface area contributed by atoms with E-state index < -0.39 is 24.0 Å². The van der Waals surface area contributed by atoms with Crippen molar-refractivity contribution in [1.82, 2.24) is 15.3 Å². The molecule has 3 fully saturated rings. The monoisotopic (exact) mass is 395 g/mol. The molecule has 3 aliphatic heterocycles. The van der Waals surface area contributed by atoms with Crippen molar-refractivity contribution in [2.45, 2.75) is 37.7 Å². The van der Waals surface area contributed by atoms with E-state index in [1.54, 1.807) is 0 Å². The van der Waals surface area contributed by atoms with E-state index in [0.29, 0.717) is 44.1 Å². The lowest BCUT2D eigenvalue weighted by molar-refractivity contribution is -0.174. The van der Waals surface area contributed by atoms with Crippen LogP contribution in [-0.2, 0) is 23.9 Å². The highest BCUT2D eigenvalue weighted by atomic mass is 16.7. The third-order valence-corrected chi connectivity index (χ3v) is 5.26. The van der Waals surface area contributed by atoms with Gasteiger partial charge in [0.15, 0.2) is 0 Å². The molecule has 10 nitrogen and oxygen atoms in total. The number of carbonyl (C=O) groups excluding carboxylic acids is 4. The van der Waals surface area contributed by atoms with Crippen LogP contribution in [0.3, 0.4) is 0 Å². The first-order valence-electron chi connectivity index (χ1n) is 9.40. The first kappa shape index (κ1) is 20.1. The molecule has 0 aromatic rings. The number of alkyl carbamates (subject to hydrolysis) is 1. The van der Waals surface area contributed by atoms with Gasteiger partial charge in [0.1, 0.15) is 6.61 Å². The second kappa shape index (κ2) is 8.59. The Morgan fingerprint density at radius 1 is 1.25 bits per heavy atom. The molecule has 3 rings (SSSR count). The molecule has 4 amide bonds. The Balaban J connectivity index is 1.41. The fraction of sp³-hybridized carbons (Fsp3) is 0.667. The van der Waals surface area contributed by atoms with Crippen LogP contribution in [0, 0.1) is 5.92 Å². The molecule has 0 aromatic carbocycles. The van der Waals surface area contributed by atoms with Gasteiger partial charge in [-0.25, -0.2) is 9.59 Å². The van der Waals surface area contributed by atoms with Crippen molar-refractivity contribution in [2.24, 2.45) is 5.92 Å². The van der Waals surface area contributed by atoms with E-state index in [2.05, 4.69) is 11.9 Å². The van der Waals surface area contributed by atoms with Crippen molar-refractivity contribution in [3.05, 3.63) is 12.7 Å². The van der Waals surface area contributed by atoms with E-state index in [-0.39, 0.29) is 31.0 Å². The minimum absolute atomic E-state index is 0.0691. The molecule has 0 radical (unpaired) electrons. The Kier molecular flexibility index (Phi) is 6.18. The first-order chi connectivity index (χ1) is 13.4. The van der Waals surface area contributed by atoms with Crippen LogP contribution in [0.5, 0.6) is 0 Å². The zero-order valence-corrected chi connectivity index (χ0v) is 15.7. The molecule has 28 heavy (non-hydrogen) atoms. The highest BCUT2D eigenvalue weighted by Gasteiger charge is 2.44. The van der Waals surface area contributed by atoms with Gasteiger partial charge in [-0.2, -0.15) is 0 Å². The normalized spacial score (nSPS) is 23.8. The lowest BCUT2D eigenvalue weighted by Crippen LogP contribution is -2.48. The van der Waals surface area contributed by atoms with Gasteiger partial charge >= 0.3 is 12.2 Å². The zero-order chi connectivity index (χ0) is 20.1. The Bertz CT molecular complexity index is 642. The summed E-state index contributed by atoms with van der Waals surface area (Å²) in [5.41, 5.74) is -0.326. The number of carbonyl (C=O) groups is 4. The predicted octanol–water partition coefficient (Wildman–Crippen LogP) is 0.970. The number of ether oxygens (including phenoxy) is 2. The maximum atomic E-state index is 12.2. The molecule has 0 aliphatic carbocycles. The molecule has 10 heteroatoms. The third-order valence-electron chi connectivity index (χ3n) is 5.26. The van der Waals surface area contributed by atoms with E-state index in [1.165, 1.54) is 11.0 Å². The van der Waals surface area contributed by atoms with Gasteiger partial charge in [-0.15, -0.1) is 5.06 Å². The van der Waals surface area contributed by atoms with Crippen LogP contribution in [0.1, 0.15) is 32.1 Å². The number of piperidine rings is 1. The maximum absolute atomic E-state index is 12.2. The summed E-state index contributed by atoms with van der Waals surface area (Å²) in [6.07, 6.45) is 2.49. The smallest absolute Gasteiger partial charge is 0.434 e. The number of nitrogens with zero attached hydrogens (tertiary/aromatic N) is 2. The average molecular weight is 395 g/mol. The molecule has 1 unspecified atom stereocenters. The summed E-state index contributed by atoms with van der Waals surface area (Å²) in [5.74, 6) is -0.810. The van der Waals surface area contributed by atoms with E-state index >= 15 is 0 Å². The highest BCUT2D eigenvalue weighted by molar-refractivity contribution is 6.01. The molecule has 1 N–H and O–H groups in total. The molecule has 154 valence electrons. The van der Waals surface area contributed by atoms with Gasteiger partial charge in [-0.05, 0) is 19.3 Å². The number of imide groups is 1. The summed E-state index contributed by atoms with van der Waals surface area (Å²) in [5, 5.41) is 3.28. The van der Waals surface area contributed by atoms with Gasteiger partial charge in [-0.1, -0.05) is 12.7 Å². The van der Waals surface area contributed by atoms with Crippen LogP contribution in [-0.4, -0.2) is 72.4 Å². The standard InChI is InChI=1S/C18H25N3O7/c1-2-9-26-16(24)19-11-13-10-18(27-12-13)5-7-20(8-6-18)17(25)28-21-14(22)3-4-15(21)23/h2,13H,1,3-12H2,(H,19,24). The molecule has 0 bridgehead atoms. The number of hydrogen-bond acceptors (Lipinski definition) is 7. The number of amides is 4. The Morgan fingerprint density at radius 3 is 2.57 bits per heavy atom. The fourth-order valence-electron chi connectivity index (χ4n) is 3.72. The molecule has 1 spiro atoms. The van der Waals surface area contributed by atoms with Crippen molar-refractivity contribution < 1.29 is 33.5 Å².